The van der Waals surface area contributed by atoms with E-state index in [1.54, 1.807) is 0 Å². The summed E-state index contributed by atoms with van der Waals surface area (Å²) < 4.78 is 0. The largest absolute Gasteiger partial charge is 0.345 e. The molecule has 4 rings (SSSR count). The number of hydrogen-bond acceptors (Lipinski definition) is 4. The number of pyridine rings is 1. The average molecular weight is 413 g/mol. The fourth-order valence-corrected chi connectivity index (χ4v) is 5.89. The SMILES string of the molecule is CN(CC1CCCCC1)C(=O)C1CCCN(C2CCN(Cc3cccnc3)CC2)C1. The lowest BCUT2D eigenvalue weighted by atomic mass is 9.88. The van der Waals surface area contributed by atoms with Crippen LogP contribution in [0.25, 0.3) is 0 Å². The van der Waals surface area contributed by atoms with Crippen LogP contribution in [0.1, 0.15) is 63.4 Å². The second-order valence-electron chi connectivity index (χ2n) is 9.93. The summed E-state index contributed by atoms with van der Waals surface area (Å²) in [5.41, 5.74) is 1.31. The molecule has 1 atom stereocenters. The van der Waals surface area contributed by atoms with Gasteiger partial charge in [0.1, 0.15) is 0 Å². The molecule has 2 aliphatic heterocycles. The first-order chi connectivity index (χ1) is 14.7. The van der Waals surface area contributed by atoms with E-state index < -0.39 is 0 Å². The zero-order chi connectivity index (χ0) is 20.8. The van der Waals surface area contributed by atoms with Crippen molar-refractivity contribution in [3.05, 3.63) is 30.1 Å². The van der Waals surface area contributed by atoms with Crippen molar-refractivity contribution in [1.82, 2.24) is 19.7 Å². The van der Waals surface area contributed by atoms with Crippen LogP contribution in [-0.2, 0) is 11.3 Å². The van der Waals surface area contributed by atoms with E-state index in [1.165, 1.54) is 63.5 Å². The summed E-state index contributed by atoms with van der Waals surface area (Å²) in [6, 6.07) is 4.84. The molecule has 5 nitrogen and oxygen atoms in total. The third-order valence-electron chi connectivity index (χ3n) is 7.64. The van der Waals surface area contributed by atoms with Crippen LogP contribution in [0.4, 0.5) is 0 Å². The molecular formula is C25H40N4O. The van der Waals surface area contributed by atoms with Gasteiger partial charge in [-0.05, 0) is 75.7 Å². The Labute approximate surface area is 182 Å². The minimum absolute atomic E-state index is 0.209. The molecule has 3 aliphatic rings. The maximum atomic E-state index is 13.1. The van der Waals surface area contributed by atoms with E-state index in [0.29, 0.717) is 11.9 Å². The maximum Gasteiger partial charge on any atom is 0.226 e. The van der Waals surface area contributed by atoms with Crippen LogP contribution in [0.3, 0.4) is 0 Å². The Kier molecular flexibility index (Phi) is 7.78. The van der Waals surface area contributed by atoms with Gasteiger partial charge in [0.05, 0.1) is 5.92 Å². The molecule has 1 aromatic heterocycles. The monoisotopic (exact) mass is 412 g/mol. The van der Waals surface area contributed by atoms with Gasteiger partial charge in [-0.2, -0.15) is 0 Å². The van der Waals surface area contributed by atoms with Gasteiger partial charge in [-0.15, -0.1) is 0 Å². The molecule has 0 radical (unpaired) electrons. The van der Waals surface area contributed by atoms with Gasteiger partial charge in [0.15, 0.2) is 0 Å². The topological polar surface area (TPSA) is 39.7 Å². The molecule has 166 valence electrons. The molecule has 0 bridgehead atoms. The van der Waals surface area contributed by atoms with Crippen LogP contribution >= 0.6 is 0 Å². The molecule has 5 heteroatoms. The van der Waals surface area contributed by atoms with E-state index >= 15 is 0 Å². The number of hydrogen-bond donors (Lipinski definition) is 0. The highest BCUT2D eigenvalue weighted by molar-refractivity contribution is 5.79. The van der Waals surface area contributed by atoms with E-state index in [1.807, 2.05) is 25.5 Å². The van der Waals surface area contributed by atoms with Crippen LogP contribution in [0.2, 0.25) is 0 Å². The molecule has 3 fully saturated rings. The first-order valence-electron chi connectivity index (χ1n) is 12.3. The standard InChI is InChI=1S/C25H40N4O/c1-27(18-21-7-3-2-4-8-21)25(30)23-10-6-14-29(20-23)24-11-15-28(16-12-24)19-22-9-5-13-26-17-22/h5,9,13,17,21,23-24H,2-4,6-8,10-12,14-16,18-20H2,1H3. The summed E-state index contributed by atoms with van der Waals surface area (Å²) in [7, 11) is 2.05. The zero-order valence-electron chi connectivity index (χ0n) is 18.8. The van der Waals surface area contributed by atoms with Gasteiger partial charge in [0.25, 0.3) is 0 Å². The molecule has 1 unspecified atom stereocenters. The predicted octanol–water partition coefficient (Wildman–Crippen LogP) is 3.80. The van der Waals surface area contributed by atoms with E-state index in [2.05, 4.69) is 25.8 Å². The van der Waals surface area contributed by atoms with Gasteiger partial charge < -0.3 is 4.90 Å². The van der Waals surface area contributed by atoms with Crippen molar-refractivity contribution in [3.63, 3.8) is 0 Å². The fourth-order valence-electron chi connectivity index (χ4n) is 5.89. The normalized spacial score (nSPS) is 25.3. The molecule has 2 saturated heterocycles. The molecule has 0 aromatic carbocycles. The molecule has 30 heavy (non-hydrogen) atoms. The number of aromatic nitrogens is 1. The lowest BCUT2D eigenvalue weighted by Crippen LogP contribution is -2.51. The van der Waals surface area contributed by atoms with E-state index in [4.69, 9.17) is 0 Å². The Morgan fingerprint density at radius 1 is 1.07 bits per heavy atom. The Hall–Kier alpha value is -1.46. The first kappa shape index (κ1) is 21.8. The number of amides is 1. The number of rotatable bonds is 6. The third kappa shape index (κ3) is 5.82. The predicted molar refractivity (Wildman–Crippen MR) is 121 cm³/mol. The quantitative estimate of drug-likeness (QED) is 0.713. The molecule has 1 saturated carbocycles. The fraction of sp³-hybridized carbons (Fsp3) is 0.760. The number of carbonyl (C=O) groups is 1. The van der Waals surface area contributed by atoms with Crippen molar-refractivity contribution in [3.8, 4) is 0 Å². The molecule has 1 aliphatic carbocycles. The van der Waals surface area contributed by atoms with Crippen molar-refractivity contribution in [1.29, 1.82) is 0 Å². The van der Waals surface area contributed by atoms with Crippen LogP contribution in [-0.4, -0.2) is 71.4 Å². The van der Waals surface area contributed by atoms with Crippen LogP contribution in [0, 0.1) is 11.8 Å². The molecule has 1 amide bonds. The minimum Gasteiger partial charge on any atom is -0.345 e. The van der Waals surface area contributed by atoms with Gasteiger partial charge in [-0.25, -0.2) is 0 Å². The summed E-state index contributed by atoms with van der Waals surface area (Å²) in [4.78, 5) is 24.6. The number of carbonyl (C=O) groups excluding carboxylic acids is 1. The lowest BCUT2D eigenvalue weighted by Gasteiger charge is -2.42. The average Bonchev–Trinajstić information content (AvgIpc) is 2.80. The van der Waals surface area contributed by atoms with Gasteiger partial charge in [0, 0.05) is 45.1 Å². The van der Waals surface area contributed by atoms with E-state index in [-0.39, 0.29) is 5.92 Å². The van der Waals surface area contributed by atoms with Gasteiger partial charge >= 0.3 is 0 Å². The Morgan fingerprint density at radius 2 is 1.87 bits per heavy atom. The van der Waals surface area contributed by atoms with E-state index in [9.17, 15) is 4.79 Å². The van der Waals surface area contributed by atoms with Crippen molar-refractivity contribution in [2.75, 3.05) is 39.8 Å². The summed E-state index contributed by atoms with van der Waals surface area (Å²) >= 11 is 0. The Morgan fingerprint density at radius 3 is 2.60 bits per heavy atom. The molecule has 3 heterocycles. The molecule has 0 N–H and O–H groups in total. The highest BCUT2D eigenvalue weighted by atomic mass is 16.2. The summed E-state index contributed by atoms with van der Waals surface area (Å²) in [6.45, 7) is 6.42. The lowest BCUT2D eigenvalue weighted by molar-refractivity contribution is -0.137. The molecule has 0 spiro atoms. The van der Waals surface area contributed by atoms with Crippen LogP contribution in [0.15, 0.2) is 24.5 Å². The second-order valence-corrected chi connectivity index (χ2v) is 9.93. The number of nitrogens with zero attached hydrogens (tertiary/aromatic N) is 4. The third-order valence-corrected chi connectivity index (χ3v) is 7.64. The number of likely N-dealkylation sites (tertiary alicyclic amines) is 2. The minimum atomic E-state index is 0.209. The molecular weight excluding hydrogens is 372 g/mol. The summed E-state index contributed by atoms with van der Waals surface area (Å²) in [6.07, 6.45) is 15.2. The number of piperidine rings is 2. The zero-order valence-corrected chi connectivity index (χ0v) is 18.8. The summed E-state index contributed by atoms with van der Waals surface area (Å²) in [5.74, 6) is 1.34. The Balaban J connectivity index is 1.23. The first-order valence-corrected chi connectivity index (χ1v) is 12.3. The van der Waals surface area contributed by atoms with Crippen molar-refractivity contribution < 1.29 is 4.79 Å². The van der Waals surface area contributed by atoms with Gasteiger partial charge in [-0.1, -0.05) is 25.3 Å². The van der Waals surface area contributed by atoms with E-state index in [0.717, 1.165) is 45.1 Å². The van der Waals surface area contributed by atoms with Crippen molar-refractivity contribution in [2.24, 2.45) is 11.8 Å². The second kappa shape index (κ2) is 10.7. The highest BCUT2D eigenvalue weighted by Crippen LogP contribution is 2.27. The summed E-state index contributed by atoms with van der Waals surface area (Å²) in [5, 5.41) is 0. The van der Waals surface area contributed by atoms with Crippen molar-refractivity contribution in [2.45, 2.75) is 70.4 Å². The maximum absolute atomic E-state index is 13.1. The molecule has 1 aromatic rings. The van der Waals surface area contributed by atoms with Gasteiger partial charge in [0.2, 0.25) is 5.91 Å². The van der Waals surface area contributed by atoms with Crippen LogP contribution < -0.4 is 0 Å². The van der Waals surface area contributed by atoms with Crippen molar-refractivity contribution >= 4 is 5.91 Å². The van der Waals surface area contributed by atoms with Crippen LogP contribution in [0.5, 0.6) is 0 Å². The highest BCUT2D eigenvalue weighted by Gasteiger charge is 2.33. The van der Waals surface area contributed by atoms with Gasteiger partial charge in [-0.3, -0.25) is 19.6 Å². The Bertz CT molecular complexity index is 652. The smallest absolute Gasteiger partial charge is 0.226 e.